The number of carbonyl (C=O) groups is 2. The van der Waals surface area contributed by atoms with Gasteiger partial charge in [0.15, 0.2) is 11.5 Å². The van der Waals surface area contributed by atoms with E-state index < -0.39 is 5.97 Å². The van der Waals surface area contributed by atoms with Crippen molar-refractivity contribution in [1.82, 2.24) is 0 Å². The molecular weight excluding hydrogens is 366 g/mol. The van der Waals surface area contributed by atoms with Gasteiger partial charge in [-0.2, -0.15) is 0 Å². The van der Waals surface area contributed by atoms with Gasteiger partial charge in [0.05, 0.1) is 32.1 Å². The first-order valence-corrected chi connectivity index (χ1v) is 9.16. The molecule has 0 heterocycles. The van der Waals surface area contributed by atoms with Crippen LogP contribution in [0.4, 0.5) is 5.69 Å². The molecule has 1 atom stereocenters. The van der Waals surface area contributed by atoms with Crippen LogP contribution in [0, 0.1) is 6.92 Å². The van der Waals surface area contributed by atoms with Crippen LogP contribution in [-0.4, -0.2) is 38.5 Å². The number of esters is 1. The first-order valence-electron chi connectivity index (χ1n) is 8.28. The van der Waals surface area contributed by atoms with E-state index in [1.165, 1.54) is 18.9 Å². The Labute approximate surface area is 163 Å². The lowest BCUT2D eigenvalue weighted by Gasteiger charge is -2.16. The quantitative estimate of drug-likeness (QED) is 0.572. The molecule has 2 aromatic rings. The van der Waals surface area contributed by atoms with Crippen molar-refractivity contribution in [3.63, 3.8) is 0 Å². The summed E-state index contributed by atoms with van der Waals surface area (Å²) in [5, 5.41) is 2.52. The Morgan fingerprint density at radius 1 is 1.04 bits per heavy atom. The lowest BCUT2D eigenvalue weighted by atomic mass is 10.1. The van der Waals surface area contributed by atoms with Gasteiger partial charge in [0, 0.05) is 10.6 Å². The zero-order valence-corrected chi connectivity index (χ0v) is 16.8. The summed E-state index contributed by atoms with van der Waals surface area (Å²) in [5.41, 5.74) is 1.68. The van der Waals surface area contributed by atoms with Gasteiger partial charge in [0.1, 0.15) is 0 Å². The van der Waals surface area contributed by atoms with E-state index in [-0.39, 0.29) is 11.2 Å². The van der Waals surface area contributed by atoms with Crippen LogP contribution in [0.2, 0.25) is 0 Å². The van der Waals surface area contributed by atoms with E-state index in [0.29, 0.717) is 28.3 Å². The van der Waals surface area contributed by atoms with Crippen LogP contribution in [0.25, 0.3) is 0 Å². The van der Waals surface area contributed by atoms with Crippen molar-refractivity contribution in [1.29, 1.82) is 0 Å². The molecule has 0 saturated heterocycles. The second-order valence-electron chi connectivity index (χ2n) is 5.74. The van der Waals surface area contributed by atoms with Crippen molar-refractivity contribution in [3.8, 4) is 11.5 Å². The van der Waals surface area contributed by atoms with Crippen LogP contribution in [0.3, 0.4) is 0 Å². The molecule has 27 heavy (non-hydrogen) atoms. The molecule has 0 aliphatic carbocycles. The van der Waals surface area contributed by atoms with Crippen molar-refractivity contribution < 1.29 is 23.8 Å². The van der Waals surface area contributed by atoms with Crippen molar-refractivity contribution in [2.24, 2.45) is 0 Å². The third kappa shape index (κ3) is 4.95. The standard InChI is InChI=1S/C20H23NO5S/c1-12-15(20(23)26-5)7-6-8-16(12)21-19(22)13(2)27-14-9-10-17(24-3)18(11-14)25-4/h6-11,13H,1-5H3,(H,21,22)/t13-/m0/s1. The number of nitrogens with one attached hydrogen (secondary N) is 1. The first-order chi connectivity index (χ1) is 12.9. The van der Waals surface area contributed by atoms with Crippen LogP contribution < -0.4 is 14.8 Å². The lowest BCUT2D eigenvalue weighted by Crippen LogP contribution is -2.23. The third-order valence-electron chi connectivity index (χ3n) is 4.03. The monoisotopic (exact) mass is 389 g/mol. The molecule has 1 amide bonds. The zero-order chi connectivity index (χ0) is 20.0. The van der Waals surface area contributed by atoms with Crippen molar-refractivity contribution in [2.75, 3.05) is 26.6 Å². The number of thioether (sulfide) groups is 1. The summed E-state index contributed by atoms with van der Waals surface area (Å²) in [6, 6.07) is 10.6. The number of ether oxygens (including phenoxy) is 3. The van der Waals surface area contributed by atoms with Crippen LogP contribution in [0.1, 0.15) is 22.8 Å². The predicted molar refractivity (Wildman–Crippen MR) is 106 cm³/mol. The largest absolute Gasteiger partial charge is 0.493 e. The highest BCUT2D eigenvalue weighted by Crippen LogP contribution is 2.34. The second-order valence-corrected chi connectivity index (χ2v) is 7.15. The topological polar surface area (TPSA) is 73.9 Å². The van der Waals surface area contributed by atoms with Gasteiger partial charge in [0.2, 0.25) is 5.91 Å². The molecule has 2 rings (SSSR count). The molecule has 0 bridgehead atoms. The van der Waals surface area contributed by atoms with Gasteiger partial charge in [-0.25, -0.2) is 4.79 Å². The summed E-state index contributed by atoms with van der Waals surface area (Å²) in [6.07, 6.45) is 0. The number of amides is 1. The summed E-state index contributed by atoms with van der Waals surface area (Å²) in [7, 11) is 4.47. The second kappa shape index (κ2) is 9.32. The van der Waals surface area contributed by atoms with Gasteiger partial charge in [-0.15, -0.1) is 11.8 Å². The normalized spacial score (nSPS) is 11.4. The summed E-state index contributed by atoms with van der Waals surface area (Å²) in [6.45, 7) is 3.59. The van der Waals surface area contributed by atoms with E-state index in [0.717, 1.165) is 4.90 Å². The Kier molecular flexibility index (Phi) is 7.12. The minimum Gasteiger partial charge on any atom is -0.493 e. The molecule has 0 fully saturated rings. The molecule has 0 aliphatic heterocycles. The van der Waals surface area contributed by atoms with Crippen molar-refractivity contribution in [2.45, 2.75) is 24.0 Å². The molecule has 1 N–H and O–H groups in total. The van der Waals surface area contributed by atoms with Crippen LogP contribution in [0.15, 0.2) is 41.3 Å². The summed E-state index contributed by atoms with van der Waals surface area (Å²) >= 11 is 1.40. The van der Waals surface area contributed by atoms with Gasteiger partial charge in [-0.05, 0) is 49.7 Å². The molecule has 2 aromatic carbocycles. The summed E-state index contributed by atoms with van der Waals surface area (Å²) < 4.78 is 15.3. The molecule has 0 aromatic heterocycles. The van der Waals surface area contributed by atoms with Gasteiger partial charge in [-0.1, -0.05) is 6.07 Å². The number of benzene rings is 2. The molecular formula is C20H23NO5S. The number of carbonyl (C=O) groups excluding carboxylic acids is 2. The fourth-order valence-corrected chi connectivity index (χ4v) is 3.38. The Morgan fingerprint density at radius 3 is 2.37 bits per heavy atom. The molecule has 0 aliphatic rings. The van der Waals surface area contributed by atoms with Gasteiger partial charge in [-0.3, -0.25) is 4.79 Å². The molecule has 0 unspecified atom stereocenters. The lowest BCUT2D eigenvalue weighted by molar-refractivity contribution is -0.115. The fourth-order valence-electron chi connectivity index (χ4n) is 2.48. The van der Waals surface area contributed by atoms with Gasteiger partial charge in [0.25, 0.3) is 0 Å². The predicted octanol–water partition coefficient (Wildman–Crippen LogP) is 3.92. The third-order valence-corrected chi connectivity index (χ3v) is 5.13. The van der Waals surface area contributed by atoms with E-state index in [4.69, 9.17) is 14.2 Å². The average molecular weight is 389 g/mol. The maximum absolute atomic E-state index is 12.6. The number of methoxy groups -OCH3 is 3. The van der Waals surface area contributed by atoms with Crippen LogP contribution in [-0.2, 0) is 9.53 Å². The highest BCUT2D eigenvalue weighted by Gasteiger charge is 2.18. The number of anilines is 1. The number of rotatable bonds is 7. The maximum Gasteiger partial charge on any atom is 0.338 e. The Hall–Kier alpha value is -2.67. The van der Waals surface area contributed by atoms with Crippen molar-refractivity contribution in [3.05, 3.63) is 47.5 Å². The summed E-state index contributed by atoms with van der Waals surface area (Å²) in [4.78, 5) is 25.3. The van der Waals surface area contributed by atoms with Gasteiger partial charge < -0.3 is 19.5 Å². The SMILES string of the molecule is COC(=O)c1cccc(NC(=O)[C@H](C)Sc2ccc(OC)c(OC)c2)c1C. The Bertz CT molecular complexity index is 837. The molecule has 0 radical (unpaired) electrons. The maximum atomic E-state index is 12.6. The van der Waals surface area contributed by atoms with E-state index in [9.17, 15) is 9.59 Å². The average Bonchev–Trinajstić information content (AvgIpc) is 2.68. The van der Waals surface area contributed by atoms with Crippen LogP contribution in [0.5, 0.6) is 11.5 Å². The fraction of sp³-hybridized carbons (Fsp3) is 0.300. The Balaban J connectivity index is 2.11. The number of hydrogen-bond acceptors (Lipinski definition) is 6. The van der Waals surface area contributed by atoms with Crippen molar-refractivity contribution >= 4 is 29.3 Å². The smallest absolute Gasteiger partial charge is 0.338 e. The van der Waals surface area contributed by atoms with E-state index in [2.05, 4.69) is 5.32 Å². The first kappa shape index (κ1) is 20.6. The highest BCUT2D eigenvalue weighted by atomic mass is 32.2. The Morgan fingerprint density at radius 2 is 1.74 bits per heavy atom. The molecule has 0 spiro atoms. The minimum absolute atomic E-state index is 0.167. The molecule has 6 nitrogen and oxygen atoms in total. The number of hydrogen-bond donors (Lipinski definition) is 1. The summed E-state index contributed by atoms with van der Waals surface area (Å²) in [5.74, 6) is 0.641. The van der Waals surface area contributed by atoms with E-state index >= 15 is 0 Å². The zero-order valence-electron chi connectivity index (χ0n) is 16.0. The van der Waals surface area contributed by atoms with E-state index in [1.807, 2.05) is 19.1 Å². The highest BCUT2D eigenvalue weighted by molar-refractivity contribution is 8.00. The molecule has 0 saturated carbocycles. The molecule has 7 heteroatoms. The van der Waals surface area contributed by atoms with Gasteiger partial charge >= 0.3 is 5.97 Å². The minimum atomic E-state index is -0.434. The molecule has 144 valence electrons. The van der Waals surface area contributed by atoms with Crippen LogP contribution >= 0.6 is 11.8 Å². The van der Waals surface area contributed by atoms with E-state index in [1.54, 1.807) is 45.4 Å².